The predicted molar refractivity (Wildman–Crippen MR) is 152 cm³/mol. The van der Waals surface area contributed by atoms with Gasteiger partial charge in [-0.3, -0.25) is 0 Å². The molecule has 0 spiro atoms. The van der Waals surface area contributed by atoms with E-state index in [4.69, 9.17) is 14.2 Å². The highest BCUT2D eigenvalue weighted by Gasteiger charge is 2.35. The third-order valence-electron chi connectivity index (χ3n) is 6.58. The number of carbonyl (C=O) groups excluding carboxylic acids is 1. The number of benzene rings is 2. The van der Waals surface area contributed by atoms with Gasteiger partial charge < -0.3 is 29.6 Å². The smallest absolute Gasteiger partial charge is 0.485 e. The lowest BCUT2D eigenvalue weighted by Gasteiger charge is -2.23. The molecule has 1 saturated heterocycles. The third-order valence-corrected chi connectivity index (χ3v) is 6.58. The lowest BCUT2D eigenvalue weighted by Crippen LogP contribution is -2.34. The molecule has 1 atom stereocenters. The van der Waals surface area contributed by atoms with Crippen molar-refractivity contribution in [2.75, 3.05) is 19.8 Å². The van der Waals surface area contributed by atoms with Crippen molar-refractivity contribution in [3.63, 3.8) is 0 Å². The number of allylic oxidation sites excluding steroid dienone is 1. The molecule has 0 aliphatic carbocycles. The van der Waals surface area contributed by atoms with Crippen LogP contribution in [0.1, 0.15) is 63.8 Å². The van der Waals surface area contributed by atoms with Crippen molar-refractivity contribution < 1.29 is 46.6 Å². The third kappa shape index (κ3) is 8.71. The molecule has 232 valence electrons. The number of fused-ring (bicyclic) bond motifs is 1. The number of ether oxygens (including phenoxy) is 3. The van der Waals surface area contributed by atoms with Crippen molar-refractivity contribution in [3.8, 4) is 5.75 Å². The van der Waals surface area contributed by atoms with Crippen LogP contribution < -0.4 is 10.1 Å². The summed E-state index contributed by atoms with van der Waals surface area (Å²) < 4.78 is 73.7. The van der Waals surface area contributed by atoms with Crippen LogP contribution in [0.3, 0.4) is 0 Å². The van der Waals surface area contributed by atoms with Crippen molar-refractivity contribution in [3.05, 3.63) is 65.0 Å². The van der Waals surface area contributed by atoms with Crippen LogP contribution in [0.2, 0.25) is 0 Å². The standard InChI is InChI=1S/C29H34BF4N3O6/c1-28(2,3)43-27(38)35-13-15-41-20-10-7-18(8-11-20)25(22(30(39)40)17-29(32,33)34)19-9-12-23-21(16-19)26(31)36-37(23)24-6-4-5-14-42-24/h7-12,16,24,39-40H,4-6,13-15,17H2,1-3H3,(H,35,38). The average molecular weight is 607 g/mol. The van der Waals surface area contributed by atoms with Gasteiger partial charge in [-0.25, -0.2) is 9.48 Å². The molecule has 14 heteroatoms. The molecule has 4 rings (SSSR count). The van der Waals surface area contributed by atoms with Gasteiger partial charge in [0.2, 0.25) is 5.95 Å². The zero-order valence-electron chi connectivity index (χ0n) is 24.1. The first-order valence-corrected chi connectivity index (χ1v) is 13.9. The summed E-state index contributed by atoms with van der Waals surface area (Å²) in [6.45, 7) is 5.93. The Bertz CT molecular complexity index is 1450. The Morgan fingerprint density at radius 3 is 2.42 bits per heavy atom. The lowest BCUT2D eigenvalue weighted by atomic mass is 9.71. The van der Waals surface area contributed by atoms with Gasteiger partial charge >= 0.3 is 19.4 Å². The van der Waals surface area contributed by atoms with Gasteiger partial charge in [0, 0.05) is 6.61 Å². The van der Waals surface area contributed by atoms with Crippen LogP contribution in [0.4, 0.5) is 22.4 Å². The lowest BCUT2D eigenvalue weighted by molar-refractivity contribution is -0.126. The Morgan fingerprint density at radius 1 is 1.12 bits per heavy atom. The summed E-state index contributed by atoms with van der Waals surface area (Å²) in [5, 5.41) is 26.7. The van der Waals surface area contributed by atoms with Gasteiger partial charge in [0.1, 0.15) is 18.0 Å². The van der Waals surface area contributed by atoms with E-state index in [1.165, 1.54) is 47.1 Å². The molecule has 2 aromatic carbocycles. The summed E-state index contributed by atoms with van der Waals surface area (Å²) in [7, 11) is -2.44. The molecule has 1 unspecified atom stereocenters. The molecule has 1 aromatic heterocycles. The van der Waals surface area contributed by atoms with Crippen LogP contribution in [-0.2, 0) is 9.47 Å². The molecular formula is C29H34BF4N3O6. The Kier molecular flexibility index (Phi) is 10.0. The molecule has 1 aliphatic heterocycles. The fourth-order valence-corrected chi connectivity index (χ4v) is 4.81. The summed E-state index contributed by atoms with van der Waals surface area (Å²) in [6.07, 6.45) is -5.03. The first-order valence-electron chi connectivity index (χ1n) is 13.9. The zero-order chi connectivity index (χ0) is 31.4. The number of hydrogen-bond acceptors (Lipinski definition) is 7. The van der Waals surface area contributed by atoms with Crippen LogP contribution in [0.15, 0.2) is 47.9 Å². The van der Waals surface area contributed by atoms with E-state index in [1.54, 1.807) is 20.8 Å². The maximum atomic E-state index is 15.0. The minimum absolute atomic E-state index is 0.0559. The van der Waals surface area contributed by atoms with Gasteiger partial charge in [-0.15, -0.1) is 5.10 Å². The predicted octanol–water partition coefficient (Wildman–Crippen LogP) is 5.54. The fraction of sp³-hybridized carbons (Fsp3) is 0.448. The minimum Gasteiger partial charge on any atom is -0.492 e. The second-order valence-corrected chi connectivity index (χ2v) is 11.2. The summed E-state index contributed by atoms with van der Waals surface area (Å²) >= 11 is 0. The maximum Gasteiger partial charge on any atom is 0.485 e. The van der Waals surface area contributed by atoms with Crippen molar-refractivity contribution in [2.45, 2.75) is 64.5 Å². The summed E-state index contributed by atoms with van der Waals surface area (Å²) in [5.74, 6) is -0.470. The number of hydrogen-bond donors (Lipinski definition) is 3. The first-order chi connectivity index (χ1) is 20.2. The van der Waals surface area contributed by atoms with Gasteiger partial charge in [0.05, 0.1) is 23.9 Å². The molecule has 1 amide bonds. The number of aromatic nitrogens is 2. The average Bonchev–Trinajstić information content (AvgIpc) is 3.26. The van der Waals surface area contributed by atoms with Gasteiger partial charge in [-0.05, 0) is 86.5 Å². The number of nitrogens with one attached hydrogen (secondary N) is 1. The summed E-state index contributed by atoms with van der Waals surface area (Å²) in [4.78, 5) is 11.8. The van der Waals surface area contributed by atoms with Crippen LogP contribution in [0, 0.1) is 5.95 Å². The molecular weight excluding hydrogens is 573 g/mol. The Hall–Kier alpha value is -3.62. The number of nitrogens with zero attached hydrogens (tertiary/aromatic N) is 2. The quantitative estimate of drug-likeness (QED) is 0.166. The zero-order valence-corrected chi connectivity index (χ0v) is 24.1. The highest BCUT2D eigenvalue weighted by Crippen LogP contribution is 2.37. The molecule has 0 bridgehead atoms. The molecule has 1 aliphatic rings. The molecule has 43 heavy (non-hydrogen) atoms. The van der Waals surface area contributed by atoms with Crippen LogP contribution in [-0.4, -0.2) is 64.6 Å². The largest absolute Gasteiger partial charge is 0.492 e. The van der Waals surface area contributed by atoms with E-state index in [1.807, 2.05) is 0 Å². The van der Waals surface area contributed by atoms with E-state index in [0.29, 0.717) is 24.3 Å². The molecule has 0 saturated carbocycles. The van der Waals surface area contributed by atoms with Crippen LogP contribution in [0.25, 0.3) is 16.5 Å². The monoisotopic (exact) mass is 607 g/mol. The molecule has 3 aromatic rings. The molecule has 0 radical (unpaired) electrons. The summed E-state index contributed by atoms with van der Waals surface area (Å²) in [5.41, 5.74) is -0.718. The number of carbonyl (C=O) groups is 1. The number of rotatable bonds is 9. The van der Waals surface area contributed by atoms with Gasteiger partial charge in [0.25, 0.3) is 0 Å². The van der Waals surface area contributed by atoms with E-state index < -0.39 is 49.1 Å². The van der Waals surface area contributed by atoms with E-state index in [-0.39, 0.29) is 35.2 Å². The van der Waals surface area contributed by atoms with E-state index in [2.05, 4.69) is 10.4 Å². The van der Waals surface area contributed by atoms with Crippen molar-refractivity contribution in [1.29, 1.82) is 0 Å². The SMILES string of the molecule is CC(C)(C)OC(=O)NCCOc1ccc(C(=C(CC(F)(F)F)B(O)O)c2ccc3c(c2)c(F)nn3C2CCCCO2)cc1. The van der Waals surface area contributed by atoms with E-state index in [0.717, 1.165) is 12.8 Å². The minimum atomic E-state index is -4.76. The van der Waals surface area contributed by atoms with E-state index >= 15 is 4.39 Å². The second-order valence-electron chi connectivity index (χ2n) is 11.2. The first kappa shape index (κ1) is 32.3. The number of amides is 1. The topological polar surface area (TPSA) is 115 Å². The Labute approximate surface area is 246 Å². The van der Waals surface area contributed by atoms with Crippen molar-refractivity contribution in [1.82, 2.24) is 15.1 Å². The molecule has 9 nitrogen and oxygen atoms in total. The summed E-state index contributed by atoms with van der Waals surface area (Å²) in [6, 6.07) is 10.3. The van der Waals surface area contributed by atoms with Crippen LogP contribution in [0.5, 0.6) is 5.75 Å². The van der Waals surface area contributed by atoms with Crippen molar-refractivity contribution in [2.24, 2.45) is 0 Å². The number of halogens is 4. The molecule has 2 heterocycles. The maximum absolute atomic E-state index is 15.0. The number of alkyl halides is 3. The van der Waals surface area contributed by atoms with Crippen molar-refractivity contribution >= 4 is 29.7 Å². The van der Waals surface area contributed by atoms with Gasteiger partial charge in [-0.1, -0.05) is 18.2 Å². The van der Waals surface area contributed by atoms with Crippen LogP contribution >= 0.6 is 0 Å². The Balaban J connectivity index is 1.63. The van der Waals surface area contributed by atoms with E-state index in [9.17, 15) is 28.0 Å². The second kappa shape index (κ2) is 13.4. The fourth-order valence-electron chi connectivity index (χ4n) is 4.81. The molecule has 1 fully saturated rings. The highest BCUT2D eigenvalue weighted by atomic mass is 19.4. The number of alkyl carbamates (subject to hydrolysis) is 1. The Morgan fingerprint density at radius 2 is 1.81 bits per heavy atom. The van der Waals surface area contributed by atoms with Gasteiger partial charge in [0.15, 0.2) is 6.23 Å². The molecule has 3 N–H and O–H groups in total. The highest BCUT2D eigenvalue weighted by molar-refractivity contribution is 6.53. The van der Waals surface area contributed by atoms with Gasteiger partial charge in [-0.2, -0.15) is 17.6 Å². The normalized spacial score (nSPS) is 16.5.